The number of halogens is 2. The quantitative estimate of drug-likeness (QED) is 0.797. The van der Waals surface area contributed by atoms with Crippen LogP contribution in [0.15, 0.2) is 28.7 Å². The van der Waals surface area contributed by atoms with Crippen LogP contribution in [0.5, 0.6) is 0 Å². The highest BCUT2D eigenvalue weighted by molar-refractivity contribution is 9.10. The molecule has 0 aliphatic rings. The Labute approximate surface area is 103 Å². The van der Waals surface area contributed by atoms with Crippen molar-refractivity contribution in [1.29, 1.82) is 0 Å². The summed E-state index contributed by atoms with van der Waals surface area (Å²) < 4.78 is 0.977. The molecule has 0 unspecified atom stereocenters. The lowest BCUT2D eigenvalue weighted by molar-refractivity contribution is 0.252. The first-order valence-electron chi connectivity index (χ1n) is 4.23. The Morgan fingerprint density at radius 3 is 2.47 bits per heavy atom. The fraction of sp³-hybridized carbons (Fsp3) is 0.222. The number of nitrogens with two attached hydrogens (primary N) is 1. The number of amides is 2. The van der Waals surface area contributed by atoms with Gasteiger partial charge in [-0.05, 0) is 24.3 Å². The topological polar surface area (TPSA) is 67.1 Å². The number of carbonyl (C=O) groups is 1. The molecule has 0 heterocycles. The zero-order valence-electron chi connectivity index (χ0n) is 8.00. The molecule has 84 valence electrons. The van der Waals surface area contributed by atoms with Crippen molar-refractivity contribution in [3.8, 4) is 0 Å². The van der Waals surface area contributed by atoms with Gasteiger partial charge < -0.3 is 16.4 Å². The van der Waals surface area contributed by atoms with E-state index in [1.165, 1.54) is 0 Å². The van der Waals surface area contributed by atoms with Gasteiger partial charge in [-0.3, -0.25) is 0 Å². The summed E-state index contributed by atoms with van der Waals surface area (Å²) in [6, 6.07) is 7.10. The molecular weight excluding hydrogens is 281 g/mol. The third-order valence-electron chi connectivity index (χ3n) is 1.53. The van der Waals surface area contributed by atoms with Crippen molar-refractivity contribution < 1.29 is 4.79 Å². The molecule has 0 bridgehead atoms. The molecule has 1 rings (SSSR count). The van der Waals surface area contributed by atoms with Crippen LogP contribution in [0.4, 0.5) is 10.5 Å². The molecular formula is C9H13BrClN3O. The molecule has 0 fully saturated rings. The van der Waals surface area contributed by atoms with Crippen molar-refractivity contribution in [2.75, 3.05) is 18.4 Å². The molecule has 2 amide bonds. The maximum atomic E-state index is 11.2. The van der Waals surface area contributed by atoms with Crippen LogP contribution < -0.4 is 16.4 Å². The molecule has 0 spiro atoms. The van der Waals surface area contributed by atoms with E-state index in [1.54, 1.807) is 0 Å². The van der Waals surface area contributed by atoms with E-state index in [-0.39, 0.29) is 18.4 Å². The first kappa shape index (κ1) is 14.2. The molecule has 1 aromatic rings. The monoisotopic (exact) mass is 293 g/mol. The fourth-order valence-electron chi connectivity index (χ4n) is 0.894. The van der Waals surface area contributed by atoms with Gasteiger partial charge >= 0.3 is 6.03 Å². The third-order valence-corrected chi connectivity index (χ3v) is 2.06. The van der Waals surface area contributed by atoms with Gasteiger partial charge in [-0.2, -0.15) is 0 Å². The van der Waals surface area contributed by atoms with E-state index in [9.17, 15) is 4.79 Å². The highest BCUT2D eigenvalue weighted by Crippen LogP contribution is 2.13. The minimum absolute atomic E-state index is 0. The van der Waals surface area contributed by atoms with Gasteiger partial charge in [-0.1, -0.05) is 15.9 Å². The van der Waals surface area contributed by atoms with Crippen molar-refractivity contribution in [2.24, 2.45) is 5.73 Å². The van der Waals surface area contributed by atoms with Gasteiger partial charge in [0.1, 0.15) is 0 Å². The standard InChI is InChI=1S/C9H12BrN3O.ClH/c10-7-1-3-8(4-2-7)13-9(14)12-6-5-11;/h1-4H,5-6,11H2,(H2,12,13,14);1H. The molecule has 0 aliphatic heterocycles. The number of hydrogen-bond donors (Lipinski definition) is 3. The van der Waals surface area contributed by atoms with E-state index in [0.29, 0.717) is 13.1 Å². The Kier molecular flexibility index (Phi) is 7.11. The van der Waals surface area contributed by atoms with E-state index in [4.69, 9.17) is 5.73 Å². The van der Waals surface area contributed by atoms with Crippen LogP contribution in [0.25, 0.3) is 0 Å². The van der Waals surface area contributed by atoms with E-state index in [1.807, 2.05) is 24.3 Å². The SMILES string of the molecule is Cl.NCCNC(=O)Nc1ccc(Br)cc1. The van der Waals surface area contributed by atoms with E-state index in [0.717, 1.165) is 10.2 Å². The highest BCUT2D eigenvalue weighted by Gasteiger charge is 1.98. The largest absolute Gasteiger partial charge is 0.337 e. The number of hydrogen-bond acceptors (Lipinski definition) is 2. The van der Waals surface area contributed by atoms with Gasteiger partial charge in [-0.25, -0.2) is 4.79 Å². The van der Waals surface area contributed by atoms with Crippen LogP contribution in [-0.2, 0) is 0 Å². The Morgan fingerprint density at radius 1 is 1.33 bits per heavy atom. The van der Waals surface area contributed by atoms with Crippen LogP contribution in [0.1, 0.15) is 0 Å². The van der Waals surface area contributed by atoms with Crippen molar-refractivity contribution in [3.05, 3.63) is 28.7 Å². The van der Waals surface area contributed by atoms with Gasteiger partial charge in [0.2, 0.25) is 0 Å². The Balaban J connectivity index is 0.00000196. The summed E-state index contributed by atoms with van der Waals surface area (Å²) in [5.74, 6) is 0. The Hall–Kier alpha value is -0.780. The third kappa shape index (κ3) is 5.61. The number of urea groups is 1. The van der Waals surface area contributed by atoms with E-state index >= 15 is 0 Å². The number of nitrogens with one attached hydrogen (secondary N) is 2. The summed E-state index contributed by atoms with van der Waals surface area (Å²) >= 11 is 3.31. The molecule has 0 aliphatic carbocycles. The number of carbonyl (C=O) groups excluding carboxylic acids is 1. The average Bonchev–Trinajstić information content (AvgIpc) is 2.18. The Morgan fingerprint density at radius 2 is 1.93 bits per heavy atom. The molecule has 0 saturated heterocycles. The molecule has 0 atom stereocenters. The average molecular weight is 295 g/mol. The lowest BCUT2D eigenvalue weighted by Gasteiger charge is -2.06. The number of benzene rings is 1. The van der Waals surface area contributed by atoms with Crippen LogP contribution in [0, 0.1) is 0 Å². The zero-order chi connectivity index (χ0) is 10.4. The fourth-order valence-corrected chi connectivity index (χ4v) is 1.16. The zero-order valence-corrected chi connectivity index (χ0v) is 10.4. The second-order valence-electron chi connectivity index (χ2n) is 2.68. The second kappa shape index (κ2) is 7.50. The molecule has 6 heteroatoms. The maximum absolute atomic E-state index is 11.2. The maximum Gasteiger partial charge on any atom is 0.319 e. The molecule has 0 radical (unpaired) electrons. The van der Waals surface area contributed by atoms with Crippen LogP contribution >= 0.6 is 28.3 Å². The van der Waals surface area contributed by atoms with Gasteiger partial charge in [0.15, 0.2) is 0 Å². The number of anilines is 1. The summed E-state index contributed by atoms with van der Waals surface area (Å²) in [6.07, 6.45) is 0. The normalized spacial score (nSPS) is 8.93. The molecule has 0 aromatic heterocycles. The molecule has 0 saturated carbocycles. The Bertz CT molecular complexity index is 305. The first-order valence-corrected chi connectivity index (χ1v) is 5.02. The summed E-state index contributed by atoms with van der Waals surface area (Å²) in [6.45, 7) is 0.913. The highest BCUT2D eigenvalue weighted by atomic mass is 79.9. The molecule has 15 heavy (non-hydrogen) atoms. The molecule has 1 aromatic carbocycles. The predicted molar refractivity (Wildman–Crippen MR) is 67.5 cm³/mol. The molecule has 4 N–H and O–H groups in total. The van der Waals surface area contributed by atoms with Gasteiger partial charge in [0.05, 0.1) is 0 Å². The smallest absolute Gasteiger partial charge is 0.319 e. The second-order valence-corrected chi connectivity index (χ2v) is 3.59. The van der Waals surface area contributed by atoms with E-state index in [2.05, 4.69) is 26.6 Å². The summed E-state index contributed by atoms with van der Waals surface area (Å²) in [7, 11) is 0. The van der Waals surface area contributed by atoms with Crippen molar-refractivity contribution >= 4 is 40.1 Å². The van der Waals surface area contributed by atoms with Gasteiger partial charge in [-0.15, -0.1) is 12.4 Å². The first-order chi connectivity index (χ1) is 6.72. The van der Waals surface area contributed by atoms with E-state index < -0.39 is 0 Å². The lowest BCUT2D eigenvalue weighted by atomic mass is 10.3. The van der Waals surface area contributed by atoms with Crippen LogP contribution in [-0.4, -0.2) is 19.1 Å². The predicted octanol–water partition coefficient (Wildman–Crippen LogP) is 1.95. The van der Waals surface area contributed by atoms with Crippen molar-refractivity contribution in [1.82, 2.24) is 5.32 Å². The van der Waals surface area contributed by atoms with Crippen LogP contribution in [0.3, 0.4) is 0 Å². The summed E-state index contributed by atoms with van der Waals surface area (Å²) in [5.41, 5.74) is 5.99. The van der Waals surface area contributed by atoms with Gasteiger partial charge in [0.25, 0.3) is 0 Å². The minimum Gasteiger partial charge on any atom is -0.337 e. The van der Waals surface area contributed by atoms with Crippen LogP contribution in [0.2, 0.25) is 0 Å². The summed E-state index contributed by atoms with van der Waals surface area (Å²) in [5, 5.41) is 5.29. The summed E-state index contributed by atoms with van der Waals surface area (Å²) in [4.78, 5) is 11.2. The minimum atomic E-state index is -0.238. The van der Waals surface area contributed by atoms with Crippen molar-refractivity contribution in [3.63, 3.8) is 0 Å². The van der Waals surface area contributed by atoms with Gasteiger partial charge in [0, 0.05) is 23.2 Å². The number of rotatable bonds is 3. The van der Waals surface area contributed by atoms with Crippen molar-refractivity contribution in [2.45, 2.75) is 0 Å². The molecule has 4 nitrogen and oxygen atoms in total. The lowest BCUT2D eigenvalue weighted by Crippen LogP contribution is -2.32.